The molecule has 1 rings (SSSR count). The fourth-order valence-corrected chi connectivity index (χ4v) is 1.72. The fraction of sp³-hybridized carbons (Fsp3) is 1.00. The van der Waals surface area contributed by atoms with Crippen molar-refractivity contribution in [1.29, 1.82) is 0 Å². The maximum Gasteiger partial charge on any atom is 0.294 e. The summed E-state index contributed by atoms with van der Waals surface area (Å²) >= 11 is 5.82. The van der Waals surface area contributed by atoms with Crippen LogP contribution in [0.1, 0.15) is 38.5 Å². The van der Waals surface area contributed by atoms with E-state index < -0.39 is 5.00 Å². The standard InChI is InChI=1S/C7H12ClNO2/c8-7(9(10)11)5-3-1-2-4-6-7/h1-6H2. The van der Waals surface area contributed by atoms with E-state index in [0.29, 0.717) is 12.8 Å². The zero-order valence-electron chi connectivity index (χ0n) is 6.38. The molecule has 0 saturated heterocycles. The second kappa shape index (κ2) is 3.39. The quantitative estimate of drug-likeness (QED) is 0.203. The Labute approximate surface area is 70.9 Å². The third kappa shape index (κ3) is 2.06. The lowest BCUT2D eigenvalue weighted by molar-refractivity contribution is -0.543. The summed E-state index contributed by atoms with van der Waals surface area (Å²) in [5.41, 5.74) is 0. The largest absolute Gasteiger partial charge is 0.294 e. The van der Waals surface area contributed by atoms with Gasteiger partial charge in [-0.1, -0.05) is 12.8 Å². The van der Waals surface area contributed by atoms with E-state index in [-0.39, 0.29) is 4.92 Å². The Hall–Kier alpha value is -0.310. The van der Waals surface area contributed by atoms with Gasteiger partial charge in [-0.15, -0.1) is 0 Å². The van der Waals surface area contributed by atoms with Crippen molar-refractivity contribution < 1.29 is 4.92 Å². The van der Waals surface area contributed by atoms with E-state index in [1.54, 1.807) is 0 Å². The molecule has 1 saturated carbocycles. The second-order valence-electron chi connectivity index (χ2n) is 3.09. The van der Waals surface area contributed by atoms with Crippen molar-refractivity contribution in [3.63, 3.8) is 0 Å². The minimum atomic E-state index is -1.14. The first-order valence-electron chi connectivity index (χ1n) is 3.98. The zero-order valence-corrected chi connectivity index (χ0v) is 7.14. The third-order valence-electron chi connectivity index (χ3n) is 2.20. The topological polar surface area (TPSA) is 43.1 Å². The molecule has 11 heavy (non-hydrogen) atoms. The lowest BCUT2D eigenvalue weighted by Crippen LogP contribution is -2.30. The van der Waals surface area contributed by atoms with Crippen LogP contribution in [0.15, 0.2) is 0 Å². The summed E-state index contributed by atoms with van der Waals surface area (Å²) in [6.45, 7) is 0. The molecule has 1 aliphatic carbocycles. The van der Waals surface area contributed by atoms with E-state index in [1.807, 2.05) is 0 Å². The molecule has 0 radical (unpaired) electrons. The van der Waals surface area contributed by atoms with E-state index in [4.69, 9.17) is 11.6 Å². The van der Waals surface area contributed by atoms with E-state index >= 15 is 0 Å². The molecular weight excluding hydrogens is 166 g/mol. The molecule has 4 heteroatoms. The van der Waals surface area contributed by atoms with Crippen LogP contribution >= 0.6 is 11.6 Å². The molecule has 0 aromatic rings. The molecule has 1 fully saturated rings. The molecule has 0 spiro atoms. The Kier molecular flexibility index (Phi) is 2.71. The number of nitro groups is 1. The summed E-state index contributed by atoms with van der Waals surface area (Å²) in [6, 6.07) is 0. The summed E-state index contributed by atoms with van der Waals surface area (Å²) in [5, 5.41) is 10.5. The number of nitrogens with zero attached hydrogens (tertiary/aromatic N) is 1. The summed E-state index contributed by atoms with van der Waals surface area (Å²) in [6.07, 6.45) is 5.02. The normalized spacial score (nSPS) is 24.1. The first-order valence-corrected chi connectivity index (χ1v) is 4.36. The van der Waals surface area contributed by atoms with Gasteiger partial charge in [0.1, 0.15) is 0 Å². The van der Waals surface area contributed by atoms with Gasteiger partial charge in [-0.05, 0) is 24.4 Å². The van der Waals surface area contributed by atoms with Crippen LogP contribution in [0.25, 0.3) is 0 Å². The first kappa shape index (κ1) is 8.78. The monoisotopic (exact) mass is 177 g/mol. The predicted molar refractivity (Wildman–Crippen MR) is 43.3 cm³/mol. The van der Waals surface area contributed by atoms with Gasteiger partial charge in [0.05, 0.1) is 0 Å². The number of hydrogen-bond donors (Lipinski definition) is 0. The zero-order chi connectivity index (χ0) is 8.32. The van der Waals surface area contributed by atoms with Gasteiger partial charge in [0, 0.05) is 17.8 Å². The van der Waals surface area contributed by atoms with Crippen LogP contribution in [0.5, 0.6) is 0 Å². The maximum atomic E-state index is 10.5. The lowest BCUT2D eigenvalue weighted by atomic mass is 10.1. The van der Waals surface area contributed by atoms with Gasteiger partial charge < -0.3 is 0 Å². The molecule has 0 aromatic heterocycles. The highest BCUT2D eigenvalue weighted by molar-refractivity contribution is 6.22. The van der Waals surface area contributed by atoms with Crippen molar-refractivity contribution in [3.05, 3.63) is 10.1 Å². The molecule has 64 valence electrons. The first-order chi connectivity index (χ1) is 5.15. The van der Waals surface area contributed by atoms with Crippen LogP contribution in [0.2, 0.25) is 0 Å². The van der Waals surface area contributed by atoms with Crippen molar-refractivity contribution in [2.24, 2.45) is 0 Å². The van der Waals surface area contributed by atoms with Crippen molar-refractivity contribution in [2.75, 3.05) is 0 Å². The highest BCUT2D eigenvalue weighted by Gasteiger charge is 2.39. The molecule has 0 atom stereocenters. The summed E-state index contributed by atoms with van der Waals surface area (Å²) in [5.74, 6) is 0. The molecule has 0 bridgehead atoms. The van der Waals surface area contributed by atoms with Crippen molar-refractivity contribution >= 4 is 11.6 Å². The van der Waals surface area contributed by atoms with Gasteiger partial charge >= 0.3 is 0 Å². The minimum Gasteiger partial charge on any atom is -0.263 e. The van der Waals surface area contributed by atoms with Crippen LogP contribution in [0, 0.1) is 10.1 Å². The second-order valence-corrected chi connectivity index (χ2v) is 3.79. The molecule has 0 heterocycles. The lowest BCUT2D eigenvalue weighted by Gasteiger charge is -2.14. The predicted octanol–water partition coefficient (Wildman–Crippen LogP) is 2.55. The molecule has 0 amide bonds. The Morgan fingerprint density at radius 1 is 1.18 bits per heavy atom. The van der Waals surface area contributed by atoms with Gasteiger partial charge in [0.15, 0.2) is 0 Å². The highest BCUT2D eigenvalue weighted by atomic mass is 35.5. The average Bonchev–Trinajstić information content (AvgIpc) is 2.15. The van der Waals surface area contributed by atoms with Gasteiger partial charge in [0.2, 0.25) is 0 Å². The molecule has 0 unspecified atom stereocenters. The smallest absolute Gasteiger partial charge is 0.263 e. The molecule has 0 aliphatic heterocycles. The Morgan fingerprint density at radius 2 is 1.64 bits per heavy atom. The van der Waals surface area contributed by atoms with E-state index in [2.05, 4.69) is 0 Å². The van der Waals surface area contributed by atoms with Gasteiger partial charge in [-0.3, -0.25) is 10.1 Å². The fourth-order valence-electron chi connectivity index (χ4n) is 1.45. The average molecular weight is 178 g/mol. The van der Waals surface area contributed by atoms with E-state index in [1.165, 1.54) is 0 Å². The summed E-state index contributed by atoms with van der Waals surface area (Å²) < 4.78 is 0. The van der Waals surface area contributed by atoms with Crippen molar-refractivity contribution in [3.8, 4) is 0 Å². The van der Waals surface area contributed by atoms with E-state index in [9.17, 15) is 10.1 Å². The molecule has 3 nitrogen and oxygen atoms in total. The Bertz CT molecular complexity index is 153. The Morgan fingerprint density at radius 3 is 2.00 bits per heavy atom. The van der Waals surface area contributed by atoms with Crippen LogP contribution in [0.4, 0.5) is 0 Å². The van der Waals surface area contributed by atoms with Crippen molar-refractivity contribution in [2.45, 2.75) is 43.5 Å². The minimum absolute atomic E-state index is 0.333. The van der Waals surface area contributed by atoms with Gasteiger partial charge in [-0.25, -0.2) is 0 Å². The van der Waals surface area contributed by atoms with Crippen LogP contribution in [-0.4, -0.2) is 9.92 Å². The third-order valence-corrected chi connectivity index (χ3v) is 2.71. The van der Waals surface area contributed by atoms with Crippen LogP contribution in [0.3, 0.4) is 0 Å². The summed E-state index contributed by atoms with van der Waals surface area (Å²) in [7, 11) is 0. The number of halogens is 1. The Balaban J connectivity index is 2.59. The van der Waals surface area contributed by atoms with E-state index in [0.717, 1.165) is 25.7 Å². The summed E-state index contributed by atoms with van der Waals surface area (Å²) in [4.78, 5) is 9.03. The molecule has 0 N–H and O–H groups in total. The molecule has 0 aromatic carbocycles. The SMILES string of the molecule is O=[N+]([O-])C1(Cl)CCCCCC1. The van der Waals surface area contributed by atoms with Crippen LogP contribution < -0.4 is 0 Å². The van der Waals surface area contributed by atoms with Crippen LogP contribution in [-0.2, 0) is 0 Å². The maximum absolute atomic E-state index is 10.5. The molecular formula is C7H12ClNO2. The number of hydrogen-bond acceptors (Lipinski definition) is 2. The van der Waals surface area contributed by atoms with Crippen molar-refractivity contribution in [1.82, 2.24) is 0 Å². The van der Waals surface area contributed by atoms with Gasteiger partial charge in [0.25, 0.3) is 5.00 Å². The van der Waals surface area contributed by atoms with Gasteiger partial charge in [-0.2, -0.15) is 0 Å². The highest BCUT2D eigenvalue weighted by Crippen LogP contribution is 2.32. The molecule has 1 aliphatic rings. The number of rotatable bonds is 1. The number of alkyl halides is 1.